The van der Waals surface area contributed by atoms with Crippen LogP contribution in [0.1, 0.15) is 15.9 Å². The van der Waals surface area contributed by atoms with Crippen LogP contribution in [0.3, 0.4) is 0 Å². The highest BCUT2D eigenvalue weighted by molar-refractivity contribution is 5.96. The molecule has 0 heterocycles. The standard InChI is InChI=1S/C13H16FNO4/c1-9-4-3-5-10(12(9)14)13(18)15(6-7-19-2)8-11(16)17/h3-5H,6-8H2,1-2H3,(H,16,17). The fraction of sp³-hybridized carbons (Fsp3) is 0.385. The number of methoxy groups -OCH3 is 1. The number of carboxylic acids is 1. The van der Waals surface area contributed by atoms with E-state index in [1.165, 1.54) is 13.2 Å². The Hall–Kier alpha value is -1.95. The lowest BCUT2D eigenvalue weighted by molar-refractivity contribution is -0.137. The van der Waals surface area contributed by atoms with E-state index in [1.54, 1.807) is 19.1 Å². The highest BCUT2D eigenvalue weighted by Crippen LogP contribution is 2.14. The van der Waals surface area contributed by atoms with Crippen molar-refractivity contribution in [2.75, 3.05) is 26.8 Å². The molecule has 104 valence electrons. The number of benzene rings is 1. The lowest BCUT2D eigenvalue weighted by Gasteiger charge is -2.20. The van der Waals surface area contributed by atoms with Crippen molar-refractivity contribution in [2.45, 2.75) is 6.92 Å². The predicted molar refractivity (Wildman–Crippen MR) is 66.6 cm³/mol. The minimum absolute atomic E-state index is 0.0923. The summed E-state index contributed by atoms with van der Waals surface area (Å²) < 4.78 is 18.7. The largest absolute Gasteiger partial charge is 0.480 e. The van der Waals surface area contributed by atoms with E-state index in [1.807, 2.05) is 0 Å². The van der Waals surface area contributed by atoms with E-state index in [9.17, 15) is 14.0 Å². The number of carboxylic acid groups (broad SMARTS) is 1. The van der Waals surface area contributed by atoms with E-state index >= 15 is 0 Å². The average Bonchev–Trinajstić information content (AvgIpc) is 2.36. The molecular formula is C13H16FNO4. The van der Waals surface area contributed by atoms with Gasteiger partial charge in [0.2, 0.25) is 0 Å². The molecule has 0 aliphatic rings. The number of aryl methyl sites for hydroxylation is 1. The average molecular weight is 269 g/mol. The van der Waals surface area contributed by atoms with Gasteiger partial charge >= 0.3 is 5.97 Å². The smallest absolute Gasteiger partial charge is 0.323 e. The molecule has 0 radical (unpaired) electrons. The van der Waals surface area contributed by atoms with Gasteiger partial charge in [0.15, 0.2) is 0 Å². The molecule has 1 aromatic rings. The number of hydrogen-bond acceptors (Lipinski definition) is 3. The Labute approximate surface area is 110 Å². The summed E-state index contributed by atoms with van der Waals surface area (Å²) in [5, 5.41) is 8.77. The molecule has 1 N–H and O–H groups in total. The van der Waals surface area contributed by atoms with Crippen LogP contribution in [0, 0.1) is 12.7 Å². The first-order chi connectivity index (χ1) is 8.97. The van der Waals surface area contributed by atoms with E-state index in [2.05, 4.69) is 0 Å². The summed E-state index contributed by atoms with van der Waals surface area (Å²) in [6.45, 7) is 1.33. The number of aliphatic carboxylic acids is 1. The summed E-state index contributed by atoms with van der Waals surface area (Å²) in [5.41, 5.74) is 0.213. The molecule has 0 saturated heterocycles. The quantitative estimate of drug-likeness (QED) is 0.845. The Kier molecular flexibility index (Phi) is 5.44. The predicted octanol–water partition coefficient (Wildman–Crippen LogP) is 1.31. The summed E-state index contributed by atoms with van der Waals surface area (Å²) in [7, 11) is 1.44. The van der Waals surface area contributed by atoms with Gasteiger partial charge in [0, 0.05) is 13.7 Å². The van der Waals surface area contributed by atoms with E-state index in [0.717, 1.165) is 4.90 Å². The summed E-state index contributed by atoms with van der Waals surface area (Å²) in [4.78, 5) is 23.9. The van der Waals surface area contributed by atoms with Crippen LogP contribution in [0.25, 0.3) is 0 Å². The number of hydrogen-bond donors (Lipinski definition) is 1. The summed E-state index contributed by atoms with van der Waals surface area (Å²) in [6, 6.07) is 4.44. The summed E-state index contributed by atoms with van der Waals surface area (Å²) in [5.74, 6) is -2.43. The highest BCUT2D eigenvalue weighted by atomic mass is 19.1. The van der Waals surface area contributed by atoms with Gasteiger partial charge in [-0.2, -0.15) is 0 Å². The van der Waals surface area contributed by atoms with Gasteiger partial charge in [-0.15, -0.1) is 0 Å². The van der Waals surface area contributed by atoms with Crippen LogP contribution in [-0.2, 0) is 9.53 Å². The third kappa shape index (κ3) is 4.03. The molecule has 0 spiro atoms. The number of carbonyl (C=O) groups is 2. The molecule has 0 aromatic heterocycles. The van der Waals surface area contributed by atoms with Gasteiger partial charge in [-0.25, -0.2) is 4.39 Å². The van der Waals surface area contributed by atoms with E-state index < -0.39 is 24.2 Å². The van der Waals surface area contributed by atoms with Crippen LogP contribution in [0.5, 0.6) is 0 Å². The van der Waals surface area contributed by atoms with Gasteiger partial charge in [0.1, 0.15) is 12.4 Å². The zero-order valence-electron chi connectivity index (χ0n) is 10.9. The van der Waals surface area contributed by atoms with Gasteiger partial charge in [0.25, 0.3) is 5.91 Å². The zero-order chi connectivity index (χ0) is 14.4. The molecule has 1 aromatic carbocycles. The van der Waals surface area contributed by atoms with Crippen molar-refractivity contribution in [2.24, 2.45) is 0 Å². The van der Waals surface area contributed by atoms with Crippen molar-refractivity contribution in [3.63, 3.8) is 0 Å². The fourth-order valence-corrected chi connectivity index (χ4v) is 1.60. The van der Waals surface area contributed by atoms with Crippen molar-refractivity contribution in [1.29, 1.82) is 0 Å². The third-order valence-electron chi connectivity index (χ3n) is 2.60. The zero-order valence-corrected chi connectivity index (χ0v) is 10.9. The Morgan fingerprint density at radius 1 is 1.42 bits per heavy atom. The van der Waals surface area contributed by atoms with Crippen LogP contribution in [0.15, 0.2) is 18.2 Å². The van der Waals surface area contributed by atoms with Crippen LogP contribution >= 0.6 is 0 Å². The molecule has 0 aliphatic carbocycles. The molecule has 0 saturated carbocycles. The van der Waals surface area contributed by atoms with Gasteiger partial charge in [0.05, 0.1) is 12.2 Å². The lowest BCUT2D eigenvalue weighted by atomic mass is 10.1. The summed E-state index contributed by atoms with van der Waals surface area (Å²) in [6.07, 6.45) is 0. The van der Waals surface area contributed by atoms with Gasteiger partial charge in [-0.3, -0.25) is 9.59 Å². The third-order valence-corrected chi connectivity index (χ3v) is 2.60. The molecule has 0 bridgehead atoms. The van der Waals surface area contributed by atoms with Gasteiger partial charge in [-0.1, -0.05) is 12.1 Å². The number of nitrogens with zero attached hydrogens (tertiary/aromatic N) is 1. The van der Waals surface area contributed by atoms with Gasteiger partial charge < -0.3 is 14.7 Å². The molecule has 5 nitrogen and oxygen atoms in total. The first kappa shape index (κ1) is 15.1. The minimum atomic E-state index is -1.16. The maximum Gasteiger partial charge on any atom is 0.323 e. The van der Waals surface area contributed by atoms with Crippen LogP contribution < -0.4 is 0 Å². The Morgan fingerprint density at radius 3 is 2.68 bits per heavy atom. The second-order valence-electron chi connectivity index (χ2n) is 4.05. The van der Waals surface area contributed by atoms with Crippen molar-refractivity contribution < 1.29 is 23.8 Å². The number of rotatable bonds is 6. The Morgan fingerprint density at radius 2 is 2.11 bits per heavy atom. The topological polar surface area (TPSA) is 66.8 Å². The molecular weight excluding hydrogens is 253 g/mol. The SMILES string of the molecule is COCCN(CC(=O)O)C(=O)c1cccc(C)c1F. The van der Waals surface area contributed by atoms with Crippen molar-refractivity contribution in [1.82, 2.24) is 4.90 Å². The normalized spacial score (nSPS) is 10.3. The van der Waals surface area contributed by atoms with E-state index in [4.69, 9.17) is 9.84 Å². The first-order valence-corrected chi connectivity index (χ1v) is 5.72. The minimum Gasteiger partial charge on any atom is -0.480 e. The van der Waals surface area contributed by atoms with Gasteiger partial charge in [-0.05, 0) is 18.6 Å². The van der Waals surface area contributed by atoms with Crippen LogP contribution in [-0.4, -0.2) is 48.7 Å². The number of amides is 1. The molecule has 1 rings (SSSR count). The highest BCUT2D eigenvalue weighted by Gasteiger charge is 2.21. The number of halogens is 1. The first-order valence-electron chi connectivity index (χ1n) is 5.72. The molecule has 0 aliphatic heterocycles. The lowest BCUT2D eigenvalue weighted by Crippen LogP contribution is -2.38. The van der Waals surface area contributed by atoms with Crippen molar-refractivity contribution in [3.05, 3.63) is 35.1 Å². The second kappa shape index (κ2) is 6.84. The molecule has 6 heteroatoms. The van der Waals surface area contributed by atoms with E-state index in [0.29, 0.717) is 5.56 Å². The second-order valence-corrected chi connectivity index (χ2v) is 4.05. The maximum atomic E-state index is 13.8. The summed E-state index contributed by atoms with van der Waals surface area (Å²) >= 11 is 0. The van der Waals surface area contributed by atoms with Crippen LogP contribution in [0.2, 0.25) is 0 Å². The van der Waals surface area contributed by atoms with E-state index in [-0.39, 0.29) is 18.7 Å². The number of ether oxygens (including phenoxy) is 1. The molecule has 0 fully saturated rings. The van der Waals surface area contributed by atoms with Crippen molar-refractivity contribution >= 4 is 11.9 Å². The molecule has 0 unspecified atom stereocenters. The van der Waals surface area contributed by atoms with Crippen molar-refractivity contribution in [3.8, 4) is 0 Å². The molecule has 19 heavy (non-hydrogen) atoms. The fourth-order valence-electron chi connectivity index (χ4n) is 1.60. The Balaban J connectivity index is 2.97. The Bertz CT molecular complexity index is 476. The maximum absolute atomic E-state index is 13.8. The molecule has 1 amide bonds. The molecule has 0 atom stereocenters. The van der Waals surface area contributed by atoms with Crippen LogP contribution in [0.4, 0.5) is 4.39 Å². The number of carbonyl (C=O) groups excluding carboxylic acids is 1. The monoisotopic (exact) mass is 269 g/mol.